The van der Waals surface area contributed by atoms with Crippen LogP contribution >= 0.6 is 0 Å². The highest BCUT2D eigenvalue weighted by Crippen LogP contribution is 2.29. The topological polar surface area (TPSA) is 92.5 Å². The Morgan fingerprint density at radius 3 is 2.46 bits per heavy atom. The number of nitro groups is 1. The number of hydrogen-bond donors (Lipinski definition) is 1. The number of carbonyl (C=O) groups excluding carboxylic acids is 2. The number of rotatable bonds is 4. The van der Waals surface area contributed by atoms with Gasteiger partial charge in [0.1, 0.15) is 11.2 Å². The van der Waals surface area contributed by atoms with E-state index in [2.05, 4.69) is 5.32 Å². The lowest BCUT2D eigenvalue weighted by molar-refractivity contribution is -0.385. The molecule has 0 radical (unpaired) electrons. The molecule has 144 valence electrons. The molecule has 0 aromatic heterocycles. The largest absolute Gasteiger partial charge is 0.336 e. The van der Waals surface area contributed by atoms with Crippen molar-refractivity contribution >= 4 is 23.6 Å². The van der Waals surface area contributed by atoms with Crippen LogP contribution in [-0.2, 0) is 16.0 Å². The van der Waals surface area contributed by atoms with E-state index < -0.39 is 16.4 Å². The first-order valence-electron chi connectivity index (χ1n) is 8.83. The Bertz CT molecular complexity index is 984. The van der Waals surface area contributed by atoms with E-state index in [1.165, 1.54) is 24.1 Å². The van der Waals surface area contributed by atoms with Crippen LogP contribution in [0.2, 0.25) is 0 Å². The minimum Gasteiger partial charge on any atom is -0.336 e. The molecular formula is C21H21N3O4. The van der Waals surface area contributed by atoms with E-state index >= 15 is 0 Å². The molecule has 7 heteroatoms. The van der Waals surface area contributed by atoms with Gasteiger partial charge in [0, 0.05) is 19.5 Å². The van der Waals surface area contributed by atoms with Crippen molar-refractivity contribution in [2.75, 3.05) is 7.05 Å². The van der Waals surface area contributed by atoms with E-state index in [1.807, 2.05) is 30.3 Å². The van der Waals surface area contributed by atoms with Crippen LogP contribution in [-0.4, -0.2) is 34.2 Å². The standard InChI is InChI=1S/C21H21N3O4/c1-14-8-7-11-17(24(27)28)16(14)12-18-19(25)22-21(2,20(26)23(18)3)13-15-9-5-4-6-10-15/h4-12H,13H2,1-3H3,(H,22,25)/b18-12+. The summed E-state index contributed by atoms with van der Waals surface area (Å²) in [5, 5.41) is 14.1. The Morgan fingerprint density at radius 1 is 1.14 bits per heavy atom. The van der Waals surface area contributed by atoms with Crippen molar-refractivity contribution in [3.8, 4) is 0 Å². The second kappa shape index (κ2) is 7.26. The Kier molecular flexibility index (Phi) is 5.00. The van der Waals surface area contributed by atoms with Gasteiger partial charge in [-0.05, 0) is 31.1 Å². The smallest absolute Gasteiger partial charge is 0.276 e. The first kappa shape index (κ1) is 19.3. The summed E-state index contributed by atoms with van der Waals surface area (Å²) < 4.78 is 0. The molecule has 7 nitrogen and oxygen atoms in total. The van der Waals surface area contributed by atoms with Crippen LogP contribution in [0.15, 0.2) is 54.2 Å². The van der Waals surface area contributed by atoms with Gasteiger partial charge in [0.2, 0.25) is 0 Å². The van der Waals surface area contributed by atoms with Gasteiger partial charge in [-0.25, -0.2) is 0 Å². The van der Waals surface area contributed by atoms with E-state index in [9.17, 15) is 19.7 Å². The summed E-state index contributed by atoms with van der Waals surface area (Å²) in [5.74, 6) is -0.725. The molecule has 1 N–H and O–H groups in total. The molecule has 2 aromatic rings. The van der Waals surface area contributed by atoms with Crippen molar-refractivity contribution in [1.82, 2.24) is 10.2 Å². The van der Waals surface area contributed by atoms with Crippen LogP contribution in [0.5, 0.6) is 0 Å². The number of piperazine rings is 1. The number of likely N-dealkylation sites (N-methyl/N-ethyl adjacent to an activating group) is 1. The molecule has 2 aromatic carbocycles. The zero-order valence-corrected chi connectivity index (χ0v) is 15.9. The van der Waals surface area contributed by atoms with E-state index in [-0.39, 0.29) is 17.3 Å². The van der Waals surface area contributed by atoms with Crippen LogP contribution in [0, 0.1) is 17.0 Å². The number of amides is 2. The fourth-order valence-electron chi connectivity index (χ4n) is 3.44. The van der Waals surface area contributed by atoms with Gasteiger partial charge in [-0.15, -0.1) is 0 Å². The van der Waals surface area contributed by atoms with E-state index in [0.717, 1.165) is 5.56 Å². The van der Waals surface area contributed by atoms with E-state index in [4.69, 9.17) is 0 Å². The summed E-state index contributed by atoms with van der Waals surface area (Å²) >= 11 is 0. The van der Waals surface area contributed by atoms with Crippen molar-refractivity contribution in [2.45, 2.75) is 25.8 Å². The van der Waals surface area contributed by atoms with E-state index in [1.54, 1.807) is 26.0 Å². The molecule has 1 atom stereocenters. The van der Waals surface area contributed by atoms with Crippen molar-refractivity contribution in [1.29, 1.82) is 0 Å². The van der Waals surface area contributed by atoms with Crippen LogP contribution in [0.3, 0.4) is 0 Å². The highest BCUT2D eigenvalue weighted by Gasteiger charge is 2.44. The van der Waals surface area contributed by atoms with Crippen molar-refractivity contribution in [3.63, 3.8) is 0 Å². The molecule has 3 rings (SSSR count). The van der Waals surface area contributed by atoms with Gasteiger partial charge in [0.15, 0.2) is 0 Å². The quantitative estimate of drug-likeness (QED) is 0.502. The van der Waals surface area contributed by atoms with Gasteiger partial charge in [-0.1, -0.05) is 42.5 Å². The minimum absolute atomic E-state index is 0.0768. The molecule has 1 fully saturated rings. The Balaban J connectivity index is 1.98. The second-order valence-electron chi connectivity index (χ2n) is 7.11. The third-order valence-electron chi connectivity index (χ3n) is 4.94. The van der Waals surface area contributed by atoms with Gasteiger partial charge in [0.05, 0.1) is 10.5 Å². The SMILES string of the molecule is Cc1cccc([N+](=O)[O-])c1/C=C1\C(=O)NC(C)(Cc2ccccc2)C(=O)N1C. The fourth-order valence-corrected chi connectivity index (χ4v) is 3.44. The molecule has 0 aliphatic carbocycles. The molecule has 28 heavy (non-hydrogen) atoms. The predicted octanol–water partition coefficient (Wildman–Crippen LogP) is 2.83. The third kappa shape index (κ3) is 3.51. The highest BCUT2D eigenvalue weighted by atomic mass is 16.6. The number of benzene rings is 2. The Labute approximate surface area is 162 Å². The first-order chi connectivity index (χ1) is 13.2. The van der Waals surface area contributed by atoms with Gasteiger partial charge < -0.3 is 10.2 Å². The predicted molar refractivity (Wildman–Crippen MR) is 105 cm³/mol. The summed E-state index contributed by atoms with van der Waals surface area (Å²) in [7, 11) is 1.51. The number of nitrogens with zero attached hydrogens (tertiary/aromatic N) is 2. The number of carbonyl (C=O) groups is 2. The molecule has 1 saturated heterocycles. The van der Waals surface area contributed by atoms with Gasteiger partial charge in [-0.3, -0.25) is 19.7 Å². The first-order valence-corrected chi connectivity index (χ1v) is 8.83. The zero-order chi connectivity index (χ0) is 20.5. The molecule has 1 unspecified atom stereocenters. The Morgan fingerprint density at radius 2 is 1.82 bits per heavy atom. The average molecular weight is 379 g/mol. The molecule has 0 saturated carbocycles. The summed E-state index contributed by atoms with van der Waals surface area (Å²) in [6.45, 7) is 3.41. The normalized spacial score (nSPS) is 21.0. The molecule has 1 aliphatic rings. The van der Waals surface area contributed by atoms with Gasteiger partial charge in [-0.2, -0.15) is 0 Å². The monoisotopic (exact) mass is 379 g/mol. The van der Waals surface area contributed by atoms with Crippen LogP contribution < -0.4 is 5.32 Å². The number of aryl methyl sites for hydroxylation is 1. The summed E-state index contributed by atoms with van der Waals surface area (Å²) in [6, 6.07) is 14.1. The van der Waals surface area contributed by atoms with Gasteiger partial charge >= 0.3 is 0 Å². The molecule has 1 heterocycles. The maximum absolute atomic E-state index is 13.0. The lowest BCUT2D eigenvalue weighted by Crippen LogP contribution is -2.64. The fraction of sp³-hybridized carbons (Fsp3) is 0.238. The zero-order valence-electron chi connectivity index (χ0n) is 15.9. The lowest BCUT2D eigenvalue weighted by Gasteiger charge is -2.39. The summed E-state index contributed by atoms with van der Waals surface area (Å²) in [6.07, 6.45) is 1.75. The second-order valence-corrected chi connectivity index (χ2v) is 7.11. The van der Waals surface area contributed by atoms with Crippen LogP contribution in [0.25, 0.3) is 6.08 Å². The summed E-state index contributed by atoms with van der Waals surface area (Å²) in [4.78, 5) is 38.0. The Hall–Kier alpha value is -3.48. The molecular weight excluding hydrogens is 358 g/mol. The molecule has 2 amide bonds. The van der Waals surface area contributed by atoms with Gasteiger partial charge in [0.25, 0.3) is 17.5 Å². The summed E-state index contributed by atoms with van der Waals surface area (Å²) in [5.41, 5.74) is 0.750. The molecule has 0 spiro atoms. The maximum Gasteiger partial charge on any atom is 0.276 e. The third-order valence-corrected chi connectivity index (χ3v) is 4.94. The number of nitro benzene ring substituents is 1. The minimum atomic E-state index is -1.10. The van der Waals surface area contributed by atoms with Crippen molar-refractivity contribution in [3.05, 3.63) is 81.0 Å². The van der Waals surface area contributed by atoms with Crippen molar-refractivity contribution in [2.24, 2.45) is 0 Å². The van der Waals surface area contributed by atoms with Crippen LogP contribution in [0.4, 0.5) is 5.69 Å². The van der Waals surface area contributed by atoms with Crippen LogP contribution in [0.1, 0.15) is 23.6 Å². The highest BCUT2D eigenvalue weighted by molar-refractivity contribution is 6.09. The molecule has 1 aliphatic heterocycles. The average Bonchev–Trinajstić information content (AvgIpc) is 2.65. The van der Waals surface area contributed by atoms with Crippen molar-refractivity contribution < 1.29 is 14.5 Å². The lowest BCUT2D eigenvalue weighted by atomic mass is 9.88. The molecule has 0 bridgehead atoms. The number of hydrogen-bond acceptors (Lipinski definition) is 4. The number of nitrogens with one attached hydrogen (secondary N) is 1. The van der Waals surface area contributed by atoms with E-state index in [0.29, 0.717) is 17.5 Å². The maximum atomic E-state index is 13.0.